The highest BCUT2D eigenvalue weighted by Crippen LogP contribution is 2.26. The van der Waals surface area contributed by atoms with Gasteiger partial charge in [0.15, 0.2) is 0 Å². The van der Waals surface area contributed by atoms with Crippen LogP contribution in [0.2, 0.25) is 0 Å². The molecule has 1 atom stereocenters. The number of Topliss-reactive ketones (excluding diaryl/α,β-unsaturated/α-hetero) is 1. The van der Waals surface area contributed by atoms with E-state index in [1.807, 2.05) is 6.92 Å². The third-order valence-electron chi connectivity index (χ3n) is 5.69. The fraction of sp³-hybridized carbons (Fsp3) is 0.207. The van der Waals surface area contributed by atoms with Crippen LogP contribution in [0.4, 0.5) is 4.39 Å². The molecule has 38 heavy (non-hydrogen) atoms. The second-order valence-electron chi connectivity index (χ2n) is 8.85. The molecule has 8 nitrogen and oxygen atoms in total. The van der Waals surface area contributed by atoms with E-state index in [0.717, 1.165) is 11.1 Å². The van der Waals surface area contributed by atoms with Crippen LogP contribution in [0.1, 0.15) is 27.0 Å². The molecule has 0 aliphatic rings. The van der Waals surface area contributed by atoms with Crippen LogP contribution >= 0.6 is 0 Å². The number of aryl methyl sites for hydroxylation is 1. The largest absolute Gasteiger partial charge is 0.459 e. The number of aromatic nitrogens is 2. The van der Waals surface area contributed by atoms with Crippen molar-refractivity contribution in [1.29, 1.82) is 0 Å². The number of benzene rings is 2. The van der Waals surface area contributed by atoms with Crippen LogP contribution in [0.15, 0.2) is 73.1 Å². The monoisotopic (exact) mass is 518 g/mol. The highest BCUT2D eigenvalue weighted by molar-refractivity contribution is 5.90. The number of aliphatic hydroxyl groups excluding tert-OH is 2. The topological polar surface area (TPSA) is 122 Å². The minimum Gasteiger partial charge on any atom is -0.459 e. The summed E-state index contributed by atoms with van der Waals surface area (Å²) in [5, 5.41) is 18.2. The van der Waals surface area contributed by atoms with E-state index < -0.39 is 18.7 Å². The Morgan fingerprint density at radius 3 is 2.58 bits per heavy atom. The number of nitrogens with one attached hydrogen (secondary N) is 1. The summed E-state index contributed by atoms with van der Waals surface area (Å²) in [6.07, 6.45) is 2.12. The number of hydrogen-bond acceptors (Lipinski definition) is 7. The van der Waals surface area contributed by atoms with Gasteiger partial charge in [-0.1, -0.05) is 29.8 Å². The molecule has 9 heteroatoms. The number of H-pyrrole nitrogens is 1. The summed E-state index contributed by atoms with van der Waals surface area (Å²) >= 11 is 0. The molecule has 2 heterocycles. The van der Waals surface area contributed by atoms with Crippen LogP contribution in [0.3, 0.4) is 0 Å². The molecule has 3 N–H and O–H groups in total. The van der Waals surface area contributed by atoms with E-state index in [9.17, 15) is 19.1 Å². The third kappa shape index (κ3) is 7.12. The number of ketones is 1. The molecule has 0 fully saturated rings. The lowest BCUT2D eigenvalue weighted by Gasteiger charge is -2.08. The van der Waals surface area contributed by atoms with E-state index >= 15 is 0 Å². The predicted molar refractivity (Wildman–Crippen MR) is 137 cm³/mol. The van der Waals surface area contributed by atoms with Gasteiger partial charge in [-0.15, -0.1) is 0 Å². The molecule has 0 bridgehead atoms. The van der Waals surface area contributed by atoms with Gasteiger partial charge < -0.3 is 24.7 Å². The summed E-state index contributed by atoms with van der Waals surface area (Å²) in [6, 6.07) is 16.8. The van der Waals surface area contributed by atoms with Gasteiger partial charge in [-0.3, -0.25) is 9.78 Å². The number of hydrogen-bond donors (Lipinski definition) is 3. The van der Waals surface area contributed by atoms with Crippen LogP contribution in [-0.2, 0) is 22.4 Å². The first-order valence-electron chi connectivity index (χ1n) is 11.9. The molecule has 0 amide bonds. The molecule has 0 saturated heterocycles. The Labute approximate surface area is 218 Å². The number of pyridine rings is 1. The smallest absolute Gasteiger partial charge is 0.339 e. The molecule has 2 aromatic heterocycles. The minimum atomic E-state index is -1.13. The van der Waals surface area contributed by atoms with Crippen molar-refractivity contribution >= 4 is 11.8 Å². The zero-order chi connectivity index (χ0) is 27.1. The number of nitrogens with zero attached hydrogens (tertiary/aromatic N) is 1. The minimum absolute atomic E-state index is 0.0361. The van der Waals surface area contributed by atoms with E-state index in [1.54, 1.807) is 60.8 Å². The Balaban J connectivity index is 1.36. The van der Waals surface area contributed by atoms with Gasteiger partial charge in [0, 0.05) is 31.3 Å². The molecule has 0 aliphatic heterocycles. The Morgan fingerprint density at radius 2 is 1.82 bits per heavy atom. The second kappa shape index (κ2) is 12.3. The normalized spacial score (nSPS) is 11.7. The molecule has 2 aromatic carbocycles. The maximum Gasteiger partial charge on any atom is 0.339 e. The maximum absolute atomic E-state index is 14.0. The summed E-state index contributed by atoms with van der Waals surface area (Å²) in [7, 11) is 0. The fourth-order valence-corrected chi connectivity index (χ4v) is 3.74. The maximum atomic E-state index is 14.0. The molecule has 196 valence electrons. The second-order valence-corrected chi connectivity index (χ2v) is 8.85. The lowest BCUT2D eigenvalue weighted by atomic mass is 10.0. The zero-order valence-electron chi connectivity index (χ0n) is 20.7. The Kier molecular flexibility index (Phi) is 8.62. The van der Waals surface area contributed by atoms with Crippen molar-refractivity contribution in [3.63, 3.8) is 0 Å². The SMILES string of the molecule is Cc1ccc(F)c(CC(=O)Cc2ccc(Oc3ccnc(-c4cc(C(=O)OCC(O)CO)c[nH]4)c3)cc2)c1. The summed E-state index contributed by atoms with van der Waals surface area (Å²) in [6.45, 7) is 1.05. The molecular weight excluding hydrogens is 491 g/mol. The standard InChI is InChI=1S/C29H27FN2O6/c1-18-2-7-26(30)20(10-18)12-22(34)11-19-3-5-24(6-4-19)38-25-8-9-31-28(14-25)27-13-21(15-32-27)29(36)37-17-23(35)16-33/h2-10,13-15,23,32-33,35H,11-12,16-17H2,1H3. The number of aliphatic hydroxyl groups is 2. The third-order valence-corrected chi connectivity index (χ3v) is 5.69. The first-order valence-corrected chi connectivity index (χ1v) is 11.9. The number of esters is 1. The number of aromatic amines is 1. The first-order chi connectivity index (χ1) is 18.3. The molecule has 4 rings (SSSR count). The molecular formula is C29H27FN2O6. The van der Waals surface area contributed by atoms with Crippen molar-refractivity contribution in [2.45, 2.75) is 25.9 Å². The Hall–Kier alpha value is -4.34. The van der Waals surface area contributed by atoms with Gasteiger partial charge in [-0.05, 0) is 48.4 Å². The van der Waals surface area contributed by atoms with E-state index in [-0.39, 0.29) is 36.6 Å². The quantitative estimate of drug-likeness (QED) is 0.255. The molecule has 0 aliphatic carbocycles. The lowest BCUT2D eigenvalue weighted by Crippen LogP contribution is -2.21. The van der Waals surface area contributed by atoms with Crippen LogP contribution in [0.25, 0.3) is 11.4 Å². The van der Waals surface area contributed by atoms with E-state index in [1.165, 1.54) is 12.3 Å². The molecule has 1 unspecified atom stereocenters. The van der Waals surface area contributed by atoms with Gasteiger partial charge in [0.25, 0.3) is 0 Å². The summed E-state index contributed by atoms with van der Waals surface area (Å²) in [5.74, 6) is -0.0339. The Morgan fingerprint density at radius 1 is 1.03 bits per heavy atom. The zero-order valence-corrected chi connectivity index (χ0v) is 20.7. The van der Waals surface area contributed by atoms with E-state index in [2.05, 4.69) is 9.97 Å². The van der Waals surface area contributed by atoms with Crippen LogP contribution in [-0.4, -0.2) is 51.3 Å². The van der Waals surface area contributed by atoms with Crippen molar-refractivity contribution in [3.05, 3.63) is 101 Å². The highest BCUT2D eigenvalue weighted by Gasteiger charge is 2.14. The van der Waals surface area contributed by atoms with Crippen molar-refractivity contribution in [2.75, 3.05) is 13.2 Å². The van der Waals surface area contributed by atoms with Gasteiger partial charge in [0.2, 0.25) is 0 Å². The van der Waals surface area contributed by atoms with Crippen molar-refractivity contribution in [2.24, 2.45) is 0 Å². The molecule has 4 aromatic rings. The summed E-state index contributed by atoms with van der Waals surface area (Å²) < 4.78 is 24.8. The van der Waals surface area contributed by atoms with Gasteiger partial charge in [0.05, 0.1) is 23.6 Å². The van der Waals surface area contributed by atoms with E-state index in [0.29, 0.717) is 28.5 Å². The number of carbonyl (C=O) groups excluding carboxylic acids is 2. The number of halogens is 1. The highest BCUT2D eigenvalue weighted by atomic mass is 19.1. The fourth-order valence-electron chi connectivity index (χ4n) is 3.74. The molecule has 0 saturated carbocycles. The number of rotatable bonds is 11. The van der Waals surface area contributed by atoms with Crippen LogP contribution in [0, 0.1) is 12.7 Å². The first kappa shape index (κ1) is 26.7. The van der Waals surface area contributed by atoms with Gasteiger partial charge in [-0.2, -0.15) is 0 Å². The van der Waals surface area contributed by atoms with Gasteiger partial charge >= 0.3 is 5.97 Å². The van der Waals surface area contributed by atoms with Crippen LogP contribution in [0.5, 0.6) is 11.5 Å². The average molecular weight is 519 g/mol. The lowest BCUT2D eigenvalue weighted by molar-refractivity contribution is -0.117. The van der Waals surface area contributed by atoms with Crippen LogP contribution < -0.4 is 4.74 Å². The van der Waals surface area contributed by atoms with Gasteiger partial charge in [-0.25, -0.2) is 9.18 Å². The van der Waals surface area contributed by atoms with Gasteiger partial charge in [0.1, 0.15) is 35.8 Å². The van der Waals surface area contributed by atoms with Crippen molar-refractivity contribution in [3.8, 4) is 22.9 Å². The predicted octanol–water partition coefficient (Wildman–Crippen LogP) is 4.18. The van der Waals surface area contributed by atoms with Crippen molar-refractivity contribution in [1.82, 2.24) is 9.97 Å². The Bertz CT molecular complexity index is 1420. The van der Waals surface area contributed by atoms with E-state index in [4.69, 9.17) is 14.6 Å². The average Bonchev–Trinajstić information content (AvgIpc) is 3.41. The molecule has 0 radical (unpaired) electrons. The number of ether oxygens (including phenoxy) is 2. The summed E-state index contributed by atoms with van der Waals surface area (Å²) in [5.41, 5.74) is 3.43. The summed E-state index contributed by atoms with van der Waals surface area (Å²) in [4.78, 5) is 31.8. The van der Waals surface area contributed by atoms with Crippen molar-refractivity contribution < 1.29 is 33.7 Å². The number of carbonyl (C=O) groups is 2. The molecule has 0 spiro atoms.